The van der Waals surface area contributed by atoms with E-state index in [1.54, 1.807) is 0 Å². The standard InChI is InChI=1S/C19H20N2/c1-4-12-20-14-11-16-15-9-7-8-10-18(15)21(13-5-2)19(16)17(20)6-3/h3-5,7-10,17H,1-2,11-14H2. The normalized spacial score (nSPS) is 18.1. The first-order valence-corrected chi connectivity index (χ1v) is 7.33. The van der Waals surface area contributed by atoms with E-state index in [0.29, 0.717) is 0 Å². The zero-order valence-electron chi connectivity index (χ0n) is 12.3. The highest BCUT2D eigenvalue weighted by Crippen LogP contribution is 2.36. The van der Waals surface area contributed by atoms with Gasteiger partial charge in [0, 0.05) is 30.5 Å². The van der Waals surface area contributed by atoms with Crippen molar-refractivity contribution in [3.63, 3.8) is 0 Å². The Bertz CT molecular complexity index is 730. The van der Waals surface area contributed by atoms with Crippen LogP contribution in [0.3, 0.4) is 0 Å². The van der Waals surface area contributed by atoms with Crippen LogP contribution in [0.4, 0.5) is 0 Å². The van der Waals surface area contributed by atoms with Crippen molar-refractivity contribution in [1.29, 1.82) is 0 Å². The minimum atomic E-state index is 0.0131. The molecule has 21 heavy (non-hydrogen) atoms. The summed E-state index contributed by atoms with van der Waals surface area (Å²) in [5, 5.41) is 1.33. The van der Waals surface area contributed by atoms with Gasteiger partial charge in [-0.2, -0.15) is 0 Å². The molecule has 1 aromatic carbocycles. The number of hydrogen-bond acceptors (Lipinski definition) is 1. The van der Waals surface area contributed by atoms with E-state index in [0.717, 1.165) is 26.1 Å². The van der Waals surface area contributed by atoms with Gasteiger partial charge in [0.25, 0.3) is 0 Å². The summed E-state index contributed by atoms with van der Waals surface area (Å²) in [4.78, 5) is 2.31. The second kappa shape index (κ2) is 5.63. The van der Waals surface area contributed by atoms with Gasteiger partial charge in [-0.25, -0.2) is 0 Å². The first-order valence-electron chi connectivity index (χ1n) is 7.33. The molecule has 3 rings (SSSR count). The fourth-order valence-electron chi connectivity index (χ4n) is 3.40. The smallest absolute Gasteiger partial charge is 0.113 e. The van der Waals surface area contributed by atoms with Gasteiger partial charge < -0.3 is 4.57 Å². The highest BCUT2D eigenvalue weighted by molar-refractivity contribution is 5.86. The van der Waals surface area contributed by atoms with E-state index >= 15 is 0 Å². The maximum absolute atomic E-state index is 5.86. The largest absolute Gasteiger partial charge is 0.338 e. The summed E-state index contributed by atoms with van der Waals surface area (Å²) >= 11 is 0. The highest BCUT2D eigenvalue weighted by Gasteiger charge is 2.30. The summed E-state index contributed by atoms with van der Waals surface area (Å²) in [7, 11) is 0. The predicted molar refractivity (Wildman–Crippen MR) is 89.2 cm³/mol. The minimum Gasteiger partial charge on any atom is -0.338 e. The summed E-state index contributed by atoms with van der Waals surface area (Å²) in [6.07, 6.45) is 10.8. The zero-order chi connectivity index (χ0) is 14.8. The van der Waals surface area contributed by atoms with Crippen LogP contribution in [0.25, 0.3) is 10.9 Å². The molecule has 1 aliphatic heterocycles. The molecule has 1 aromatic heterocycles. The monoisotopic (exact) mass is 276 g/mol. The topological polar surface area (TPSA) is 8.17 Å². The summed E-state index contributed by atoms with van der Waals surface area (Å²) in [5.74, 6) is 2.98. The first kappa shape index (κ1) is 13.7. The van der Waals surface area contributed by atoms with Crippen molar-refractivity contribution in [3.8, 4) is 12.3 Å². The molecule has 0 saturated carbocycles. The number of terminal acetylenes is 1. The molecular weight excluding hydrogens is 256 g/mol. The lowest BCUT2D eigenvalue weighted by Crippen LogP contribution is -2.35. The summed E-state index contributed by atoms with van der Waals surface area (Å²) in [6.45, 7) is 10.3. The van der Waals surface area contributed by atoms with Crippen molar-refractivity contribution in [2.45, 2.75) is 19.0 Å². The number of hydrogen-bond donors (Lipinski definition) is 0. The van der Waals surface area contributed by atoms with Crippen molar-refractivity contribution in [1.82, 2.24) is 9.47 Å². The van der Waals surface area contributed by atoms with Gasteiger partial charge in [-0.15, -0.1) is 19.6 Å². The van der Waals surface area contributed by atoms with Gasteiger partial charge in [0.2, 0.25) is 0 Å². The van der Waals surface area contributed by atoms with Crippen LogP contribution in [0.5, 0.6) is 0 Å². The second-order valence-corrected chi connectivity index (χ2v) is 5.38. The van der Waals surface area contributed by atoms with Crippen LogP contribution in [0, 0.1) is 12.3 Å². The average Bonchev–Trinajstić information content (AvgIpc) is 2.83. The zero-order valence-corrected chi connectivity index (χ0v) is 12.3. The quantitative estimate of drug-likeness (QED) is 0.612. The van der Waals surface area contributed by atoms with Crippen LogP contribution in [0.15, 0.2) is 49.6 Å². The Labute approximate surface area is 126 Å². The summed E-state index contributed by atoms with van der Waals surface area (Å²) in [5.41, 5.74) is 3.91. The maximum Gasteiger partial charge on any atom is 0.113 e. The second-order valence-electron chi connectivity index (χ2n) is 5.38. The van der Waals surface area contributed by atoms with Gasteiger partial charge in [-0.3, -0.25) is 4.90 Å². The molecule has 2 heterocycles. The molecular formula is C19H20N2. The molecule has 0 aliphatic carbocycles. The molecule has 0 spiro atoms. The van der Waals surface area contributed by atoms with E-state index in [1.807, 2.05) is 12.2 Å². The van der Waals surface area contributed by atoms with Crippen LogP contribution >= 0.6 is 0 Å². The van der Waals surface area contributed by atoms with E-state index in [4.69, 9.17) is 6.42 Å². The molecule has 0 radical (unpaired) electrons. The molecule has 0 bridgehead atoms. The van der Waals surface area contributed by atoms with Crippen LogP contribution in [0.2, 0.25) is 0 Å². The molecule has 1 aliphatic rings. The number of nitrogens with zero attached hydrogens (tertiary/aromatic N) is 2. The number of benzene rings is 1. The average molecular weight is 276 g/mol. The Kier molecular flexibility index (Phi) is 3.68. The van der Waals surface area contributed by atoms with E-state index in [9.17, 15) is 0 Å². The van der Waals surface area contributed by atoms with E-state index in [-0.39, 0.29) is 6.04 Å². The number of aromatic nitrogens is 1. The lowest BCUT2D eigenvalue weighted by atomic mass is 9.97. The van der Waals surface area contributed by atoms with Crippen LogP contribution in [0.1, 0.15) is 17.3 Å². The molecule has 1 atom stereocenters. The Morgan fingerprint density at radius 3 is 2.71 bits per heavy atom. The highest BCUT2D eigenvalue weighted by atomic mass is 15.2. The molecule has 106 valence electrons. The third kappa shape index (κ3) is 2.11. The van der Waals surface area contributed by atoms with Gasteiger partial charge in [0.1, 0.15) is 6.04 Å². The number of allylic oxidation sites excluding steroid dienone is 1. The Morgan fingerprint density at radius 1 is 1.24 bits per heavy atom. The number of fused-ring (bicyclic) bond motifs is 3. The van der Waals surface area contributed by atoms with E-state index in [1.165, 1.54) is 22.2 Å². The molecule has 0 N–H and O–H groups in total. The first-order chi connectivity index (χ1) is 10.3. The van der Waals surface area contributed by atoms with Gasteiger partial charge >= 0.3 is 0 Å². The van der Waals surface area contributed by atoms with Gasteiger partial charge in [0.15, 0.2) is 0 Å². The van der Waals surface area contributed by atoms with Crippen molar-refractivity contribution >= 4 is 10.9 Å². The SMILES string of the molecule is C#CC1c2c(c3ccccc3n2CC=C)CCN1CC=C. The van der Waals surface area contributed by atoms with Crippen LogP contribution < -0.4 is 0 Å². The van der Waals surface area contributed by atoms with E-state index in [2.05, 4.69) is 52.8 Å². The third-order valence-electron chi connectivity index (χ3n) is 4.23. The van der Waals surface area contributed by atoms with E-state index < -0.39 is 0 Å². The molecule has 2 nitrogen and oxygen atoms in total. The lowest BCUT2D eigenvalue weighted by molar-refractivity contribution is 0.243. The number of rotatable bonds is 4. The van der Waals surface area contributed by atoms with Gasteiger partial charge in [-0.05, 0) is 18.1 Å². The minimum absolute atomic E-state index is 0.0131. The lowest BCUT2D eigenvalue weighted by Gasteiger charge is -2.33. The Hall–Kier alpha value is -2.24. The van der Waals surface area contributed by atoms with Crippen molar-refractivity contribution < 1.29 is 0 Å². The van der Waals surface area contributed by atoms with Crippen LogP contribution in [-0.2, 0) is 13.0 Å². The van der Waals surface area contributed by atoms with Crippen molar-refractivity contribution in [3.05, 3.63) is 60.8 Å². The Balaban J connectivity index is 2.25. The van der Waals surface area contributed by atoms with Gasteiger partial charge in [-0.1, -0.05) is 36.3 Å². The molecule has 0 fully saturated rings. The van der Waals surface area contributed by atoms with Gasteiger partial charge in [0.05, 0.1) is 5.69 Å². The molecule has 2 heteroatoms. The fourth-order valence-corrected chi connectivity index (χ4v) is 3.40. The van der Waals surface area contributed by atoms with Crippen molar-refractivity contribution in [2.24, 2.45) is 0 Å². The molecule has 0 saturated heterocycles. The number of para-hydroxylation sites is 1. The van der Waals surface area contributed by atoms with Crippen molar-refractivity contribution in [2.75, 3.05) is 13.1 Å². The predicted octanol–water partition coefficient (Wildman–Crippen LogP) is 3.55. The summed E-state index contributed by atoms with van der Waals surface area (Å²) in [6, 6.07) is 8.56. The summed E-state index contributed by atoms with van der Waals surface area (Å²) < 4.78 is 2.32. The molecule has 1 unspecified atom stereocenters. The maximum atomic E-state index is 5.86. The third-order valence-corrected chi connectivity index (χ3v) is 4.23. The van der Waals surface area contributed by atoms with Crippen LogP contribution in [-0.4, -0.2) is 22.6 Å². The Morgan fingerprint density at radius 2 is 2.00 bits per heavy atom. The molecule has 2 aromatic rings. The fraction of sp³-hybridized carbons (Fsp3) is 0.263. The molecule has 0 amide bonds.